The van der Waals surface area contributed by atoms with Crippen molar-refractivity contribution in [2.45, 2.75) is 25.3 Å². The van der Waals surface area contributed by atoms with Gasteiger partial charge in [-0.1, -0.05) is 29.8 Å². The van der Waals surface area contributed by atoms with E-state index in [2.05, 4.69) is 29.4 Å². The van der Waals surface area contributed by atoms with E-state index in [0.717, 1.165) is 37.1 Å². The summed E-state index contributed by atoms with van der Waals surface area (Å²) in [5.41, 5.74) is 1.25. The summed E-state index contributed by atoms with van der Waals surface area (Å²) in [7, 11) is 2.17. The van der Waals surface area contributed by atoms with Crippen LogP contribution < -0.4 is 5.32 Å². The van der Waals surface area contributed by atoms with E-state index in [4.69, 9.17) is 11.6 Å². The molecule has 0 atom stereocenters. The van der Waals surface area contributed by atoms with Crippen molar-refractivity contribution >= 4 is 11.6 Å². The summed E-state index contributed by atoms with van der Waals surface area (Å²) in [4.78, 5) is 2.36. The Labute approximate surface area is 109 Å². The summed E-state index contributed by atoms with van der Waals surface area (Å²) in [5.74, 6) is 0. The lowest BCUT2D eigenvalue weighted by molar-refractivity contribution is 0.335. The molecule has 17 heavy (non-hydrogen) atoms. The molecule has 0 aliphatic heterocycles. The zero-order chi connectivity index (χ0) is 12.1. The number of benzene rings is 1. The maximum atomic E-state index is 6.13. The van der Waals surface area contributed by atoms with Gasteiger partial charge in [0.05, 0.1) is 0 Å². The van der Waals surface area contributed by atoms with Crippen molar-refractivity contribution in [3.05, 3.63) is 34.9 Å². The molecule has 0 bridgehead atoms. The van der Waals surface area contributed by atoms with Crippen molar-refractivity contribution in [1.82, 2.24) is 10.2 Å². The van der Waals surface area contributed by atoms with E-state index in [-0.39, 0.29) is 0 Å². The fourth-order valence-electron chi connectivity index (χ4n) is 1.87. The highest BCUT2D eigenvalue weighted by molar-refractivity contribution is 6.31. The van der Waals surface area contributed by atoms with Crippen LogP contribution in [0.25, 0.3) is 0 Å². The Morgan fingerprint density at radius 3 is 2.76 bits per heavy atom. The SMILES string of the molecule is CN(CCNC1CC1)CCc1ccccc1Cl. The minimum absolute atomic E-state index is 0.812. The second-order valence-corrected chi connectivity index (χ2v) is 5.28. The number of nitrogens with one attached hydrogen (secondary N) is 1. The quantitative estimate of drug-likeness (QED) is 0.803. The Morgan fingerprint density at radius 1 is 1.29 bits per heavy atom. The van der Waals surface area contributed by atoms with Crippen molar-refractivity contribution in [2.75, 3.05) is 26.7 Å². The number of rotatable bonds is 7. The largest absolute Gasteiger partial charge is 0.313 e. The second-order valence-electron chi connectivity index (χ2n) is 4.87. The molecule has 1 aliphatic carbocycles. The molecule has 0 aromatic heterocycles. The molecule has 0 heterocycles. The van der Waals surface area contributed by atoms with E-state index < -0.39 is 0 Å². The zero-order valence-corrected chi connectivity index (χ0v) is 11.2. The molecular weight excluding hydrogens is 232 g/mol. The van der Waals surface area contributed by atoms with Gasteiger partial charge in [0, 0.05) is 30.7 Å². The van der Waals surface area contributed by atoms with Crippen LogP contribution >= 0.6 is 11.6 Å². The highest BCUT2D eigenvalue weighted by Gasteiger charge is 2.19. The van der Waals surface area contributed by atoms with Gasteiger partial charge in [0.15, 0.2) is 0 Å². The van der Waals surface area contributed by atoms with Crippen LogP contribution in [-0.4, -0.2) is 37.6 Å². The van der Waals surface area contributed by atoms with Crippen molar-refractivity contribution in [1.29, 1.82) is 0 Å². The number of halogens is 1. The fraction of sp³-hybridized carbons (Fsp3) is 0.571. The van der Waals surface area contributed by atoms with Crippen LogP contribution in [0.3, 0.4) is 0 Å². The van der Waals surface area contributed by atoms with Crippen LogP contribution in [0, 0.1) is 0 Å². The lowest BCUT2D eigenvalue weighted by Crippen LogP contribution is -2.31. The summed E-state index contributed by atoms with van der Waals surface area (Å²) in [6.45, 7) is 3.28. The van der Waals surface area contributed by atoms with Gasteiger partial charge in [-0.05, 0) is 37.9 Å². The van der Waals surface area contributed by atoms with E-state index >= 15 is 0 Å². The summed E-state index contributed by atoms with van der Waals surface area (Å²) in [6, 6.07) is 8.92. The van der Waals surface area contributed by atoms with Crippen LogP contribution in [0.5, 0.6) is 0 Å². The number of hydrogen-bond acceptors (Lipinski definition) is 2. The van der Waals surface area contributed by atoms with Gasteiger partial charge < -0.3 is 10.2 Å². The average Bonchev–Trinajstić information content (AvgIpc) is 3.12. The predicted octanol–water partition coefficient (Wildman–Crippen LogP) is 2.57. The molecule has 0 spiro atoms. The Kier molecular flexibility index (Phi) is 4.84. The summed E-state index contributed by atoms with van der Waals surface area (Å²) < 4.78 is 0. The van der Waals surface area contributed by atoms with Gasteiger partial charge in [-0.15, -0.1) is 0 Å². The molecule has 1 saturated carbocycles. The molecule has 0 saturated heterocycles. The van der Waals surface area contributed by atoms with Crippen LogP contribution in [0.1, 0.15) is 18.4 Å². The molecule has 3 heteroatoms. The summed E-state index contributed by atoms with van der Waals surface area (Å²) in [6.07, 6.45) is 3.76. The normalized spacial score (nSPS) is 15.5. The molecule has 1 aromatic carbocycles. The molecule has 1 fully saturated rings. The first-order valence-corrected chi connectivity index (χ1v) is 6.79. The monoisotopic (exact) mass is 252 g/mol. The molecule has 0 radical (unpaired) electrons. The highest BCUT2D eigenvalue weighted by Crippen LogP contribution is 2.18. The third kappa shape index (κ3) is 4.66. The standard InChI is InChI=1S/C14H21ClN2/c1-17(11-9-16-13-6-7-13)10-8-12-4-2-3-5-14(12)15/h2-5,13,16H,6-11H2,1H3. The van der Waals surface area contributed by atoms with Gasteiger partial charge in [0.1, 0.15) is 0 Å². The molecule has 94 valence electrons. The zero-order valence-electron chi connectivity index (χ0n) is 10.5. The predicted molar refractivity (Wildman–Crippen MR) is 73.7 cm³/mol. The number of hydrogen-bond donors (Lipinski definition) is 1. The fourth-order valence-corrected chi connectivity index (χ4v) is 2.10. The highest BCUT2D eigenvalue weighted by atomic mass is 35.5. The molecule has 2 nitrogen and oxygen atoms in total. The van der Waals surface area contributed by atoms with Crippen LogP contribution in [0.2, 0.25) is 5.02 Å². The summed E-state index contributed by atoms with van der Waals surface area (Å²) in [5, 5.41) is 4.42. The first-order valence-electron chi connectivity index (χ1n) is 6.41. The van der Waals surface area contributed by atoms with Crippen LogP contribution in [0.15, 0.2) is 24.3 Å². The molecule has 2 rings (SSSR count). The molecule has 0 amide bonds. The van der Waals surface area contributed by atoms with Gasteiger partial charge >= 0.3 is 0 Å². The number of likely N-dealkylation sites (N-methyl/N-ethyl adjacent to an activating group) is 1. The Bertz CT molecular complexity index is 350. The van der Waals surface area contributed by atoms with Crippen molar-refractivity contribution in [3.63, 3.8) is 0 Å². The first-order chi connectivity index (χ1) is 8.25. The topological polar surface area (TPSA) is 15.3 Å². The Balaban J connectivity index is 1.64. The van der Waals surface area contributed by atoms with E-state index in [0.29, 0.717) is 0 Å². The van der Waals surface area contributed by atoms with Crippen molar-refractivity contribution < 1.29 is 0 Å². The second kappa shape index (κ2) is 6.39. The molecule has 1 aliphatic rings. The summed E-state index contributed by atoms with van der Waals surface area (Å²) >= 11 is 6.13. The number of nitrogens with zero attached hydrogens (tertiary/aromatic N) is 1. The molecule has 1 aromatic rings. The van der Waals surface area contributed by atoms with Crippen LogP contribution in [-0.2, 0) is 6.42 Å². The third-order valence-corrected chi connectivity index (χ3v) is 3.59. The maximum absolute atomic E-state index is 6.13. The van der Waals surface area contributed by atoms with Crippen molar-refractivity contribution in [3.8, 4) is 0 Å². The minimum atomic E-state index is 0.812. The van der Waals surface area contributed by atoms with Gasteiger partial charge in [0.2, 0.25) is 0 Å². The first kappa shape index (κ1) is 12.9. The lowest BCUT2D eigenvalue weighted by atomic mass is 10.1. The van der Waals surface area contributed by atoms with Gasteiger partial charge in [-0.2, -0.15) is 0 Å². The van der Waals surface area contributed by atoms with E-state index in [1.807, 2.05) is 12.1 Å². The average molecular weight is 253 g/mol. The van der Waals surface area contributed by atoms with Crippen molar-refractivity contribution in [2.24, 2.45) is 0 Å². The van der Waals surface area contributed by atoms with E-state index in [9.17, 15) is 0 Å². The van der Waals surface area contributed by atoms with Gasteiger partial charge in [0.25, 0.3) is 0 Å². The van der Waals surface area contributed by atoms with Gasteiger partial charge in [-0.25, -0.2) is 0 Å². The van der Waals surface area contributed by atoms with E-state index in [1.54, 1.807) is 0 Å². The van der Waals surface area contributed by atoms with Crippen LogP contribution in [0.4, 0.5) is 0 Å². The van der Waals surface area contributed by atoms with E-state index in [1.165, 1.54) is 18.4 Å². The third-order valence-electron chi connectivity index (χ3n) is 3.22. The Hall–Kier alpha value is -0.570. The molecular formula is C14H21ClN2. The molecule has 1 N–H and O–H groups in total. The van der Waals surface area contributed by atoms with Gasteiger partial charge in [-0.3, -0.25) is 0 Å². The minimum Gasteiger partial charge on any atom is -0.313 e. The Morgan fingerprint density at radius 2 is 2.06 bits per heavy atom. The maximum Gasteiger partial charge on any atom is 0.0438 e. The smallest absolute Gasteiger partial charge is 0.0438 e. The molecule has 0 unspecified atom stereocenters. The lowest BCUT2D eigenvalue weighted by Gasteiger charge is -2.17.